The van der Waals surface area contributed by atoms with Crippen molar-refractivity contribution in [1.29, 1.82) is 0 Å². The lowest BCUT2D eigenvalue weighted by atomic mass is 10.4. The Morgan fingerprint density at radius 2 is 1.60 bits per heavy atom. The molecular weight excluding hydrogens is 274 g/mol. The largest absolute Gasteiger partial charge is 0.464 e. The fraction of sp³-hybridized carbons (Fsp3) is 0. The Balaban J connectivity index is 0.000000121. The fourth-order valence-corrected chi connectivity index (χ4v) is 2.28. The molecule has 0 unspecified atom stereocenters. The Morgan fingerprint density at radius 1 is 0.800 bits per heavy atom. The smallest absolute Gasteiger partial charge is 0.262 e. The van der Waals surface area contributed by atoms with Gasteiger partial charge in [-0.25, -0.2) is 4.98 Å². The molecule has 0 bridgehead atoms. The molecule has 0 saturated carbocycles. The first-order valence-corrected chi connectivity index (χ1v) is 6.82. The second-order valence-electron chi connectivity index (χ2n) is 3.77. The molecule has 4 rings (SSSR count). The fourth-order valence-electron chi connectivity index (χ4n) is 1.58. The first-order valence-electron chi connectivity index (χ1n) is 5.94. The van der Waals surface area contributed by atoms with Gasteiger partial charge in [0.2, 0.25) is 0 Å². The molecule has 0 spiro atoms. The average molecular weight is 285 g/mol. The van der Waals surface area contributed by atoms with Crippen molar-refractivity contribution in [2.24, 2.45) is 0 Å². The maximum absolute atomic E-state index is 5.19. The van der Waals surface area contributed by atoms with E-state index in [-0.39, 0.29) is 0 Å². The van der Waals surface area contributed by atoms with E-state index >= 15 is 0 Å². The van der Waals surface area contributed by atoms with Crippen molar-refractivity contribution in [2.75, 3.05) is 0 Å². The summed E-state index contributed by atoms with van der Waals surface area (Å²) in [5.74, 6) is 2.13. The minimum atomic E-state index is 0.519. The van der Waals surface area contributed by atoms with Gasteiger partial charge in [0.15, 0.2) is 5.76 Å². The van der Waals surface area contributed by atoms with E-state index in [1.165, 1.54) is 11.1 Å². The standard InChI is InChI=1S/C8H6OS.C7H5NO2/c1-3-7(9-5-1)8-4-2-6-10-8;1-2-6(9-4-1)7-8-3-5-10-7/h1-6H;1-5H. The van der Waals surface area contributed by atoms with E-state index in [1.807, 2.05) is 29.6 Å². The molecule has 4 nitrogen and oxygen atoms in total. The molecule has 0 saturated heterocycles. The van der Waals surface area contributed by atoms with Crippen molar-refractivity contribution < 1.29 is 13.3 Å². The number of oxazole rings is 1. The summed E-state index contributed by atoms with van der Waals surface area (Å²) in [6, 6.07) is 11.5. The topological polar surface area (TPSA) is 52.3 Å². The molecule has 0 aliphatic carbocycles. The monoisotopic (exact) mass is 285 g/mol. The van der Waals surface area contributed by atoms with Gasteiger partial charge >= 0.3 is 0 Å². The van der Waals surface area contributed by atoms with Gasteiger partial charge < -0.3 is 13.3 Å². The van der Waals surface area contributed by atoms with E-state index in [1.54, 1.807) is 42.2 Å². The molecule has 5 heteroatoms. The third kappa shape index (κ3) is 2.89. The van der Waals surface area contributed by atoms with E-state index in [0.29, 0.717) is 11.7 Å². The third-order valence-corrected chi connectivity index (χ3v) is 3.33. The van der Waals surface area contributed by atoms with Crippen LogP contribution in [0, 0.1) is 0 Å². The second-order valence-corrected chi connectivity index (χ2v) is 4.72. The van der Waals surface area contributed by atoms with Crippen LogP contribution in [0.3, 0.4) is 0 Å². The highest BCUT2D eigenvalue weighted by Crippen LogP contribution is 2.24. The predicted molar refractivity (Wildman–Crippen MR) is 76.2 cm³/mol. The molecule has 0 N–H and O–H groups in total. The van der Waals surface area contributed by atoms with Crippen molar-refractivity contribution in [3.8, 4) is 22.3 Å². The van der Waals surface area contributed by atoms with Crippen LogP contribution >= 0.6 is 11.3 Å². The van der Waals surface area contributed by atoms with Gasteiger partial charge in [0, 0.05) is 0 Å². The van der Waals surface area contributed by atoms with Crippen molar-refractivity contribution in [3.63, 3.8) is 0 Å². The predicted octanol–water partition coefficient (Wildman–Crippen LogP) is 4.94. The first-order chi connectivity index (χ1) is 9.93. The second kappa shape index (κ2) is 6.08. The van der Waals surface area contributed by atoms with Gasteiger partial charge in [-0.05, 0) is 35.7 Å². The van der Waals surface area contributed by atoms with Gasteiger partial charge in [-0.2, -0.15) is 0 Å². The molecule has 4 aromatic rings. The number of nitrogens with zero attached hydrogens (tertiary/aromatic N) is 1. The molecule has 0 aliphatic heterocycles. The Hall–Kier alpha value is -2.53. The van der Waals surface area contributed by atoms with Crippen LogP contribution in [0.15, 0.2) is 80.0 Å². The molecular formula is C15H11NO3S. The number of hydrogen-bond acceptors (Lipinski definition) is 5. The van der Waals surface area contributed by atoms with Crippen molar-refractivity contribution >= 4 is 11.3 Å². The van der Waals surface area contributed by atoms with E-state index in [4.69, 9.17) is 13.3 Å². The zero-order chi connectivity index (χ0) is 13.6. The molecule has 20 heavy (non-hydrogen) atoms. The quantitative estimate of drug-likeness (QED) is 0.523. The molecule has 0 fully saturated rings. The number of aromatic nitrogens is 1. The van der Waals surface area contributed by atoms with Gasteiger partial charge in [0.25, 0.3) is 5.89 Å². The van der Waals surface area contributed by atoms with Crippen LogP contribution in [0.4, 0.5) is 0 Å². The highest BCUT2D eigenvalue weighted by molar-refractivity contribution is 7.13. The van der Waals surface area contributed by atoms with Crippen LogP contribution in [0.5, 0.6) is 0 Å². The van der Waals surface area contributed by atoms with E-state index in [2.05, 4.69) is 4.98 Å². The van der Waals surface area contributed by atoms with E-state index in [0.717, 1.165) is 5.76 Å². The minimum Gasteiger partial charge on any atom is -0.464 e. The van der Waals surface area contributed by atoms with Crippen LogP contribution < -0.4 is 0 Å². The number of hydrogen-bond donors (Lipinski definition) is 0. The zero-order valence-electron chi connectivity index (χ0n) is 10.4. The summed E-state index contributed by atoms with van der Waals surface area (Å²) in [4.78, 5) is 5.08. The van der Waals surface area contributed by atoms with E-state index < -0.39 is 0 Å². The summed E-state index contributed by atoms with van der Waals surface area (Å²) in [6.45, 7) is 0. The Labute approximate surface area is 119 Å². The molecule has 0 atom stereocenters. The van der Waals surface area contributed by atoms with Gasteiger partial charge in [0.05, 0.1) is 23.6 Å². The summed E-state index contributed by atoms with van der Waals surface area (Å²) in [7, 11) is 0. The Kier molecular flexibility index (Phi) is 3.80. The highest BCUT2D eigenvalue weighted by Gasteiger charge is 2.02. The summed E-state index contributed by atoms with van der Waals surface area (Å²) in [6.07, 6.45) is 6.37. The SMILES string of the molecule is c1coc(-c2cccs2)c1.c1coc(-c2ncco2)c1. The molecule has 0 radical (unpaired) electrons. The molecule has 4 heterocycles. The van der Waals surface area contributed by atoms with E-state index in [9.17, 15) is 0 Å². The van der Waals surface area contributed by atoms with Crippen LogP contribution in [0.2, 0.25) is 0 Å². The lowest BCUT2D eigenvalue weighted by Crippen LogP contribution is -1.68. The Morgan fingerprint density at radius 3 is 2.15 bits per heavy atom. The summed E-state index contributed by atoms with van der Waals surface area (Å²) >= 11 is 1.69. The van der Waals surface area contributed by atoms with Gasteiger partial charge in [-0.1, -0.05) is 6.07 Å². The normalized spacial score (nSPS) is 10.0. The van der Waals surface area contributed by atoms with Crippen molar-refractivity contribution in [1.82, 2.24) is 4.98 Å². The molecule has 100 valence electrons. The third-order valence-electron chi connectivity index (χ3n) is 2.45. The summed E-state index contributed by atoms with van der Waals surface area (Å²) < 4.78 is 15.2. The maximum atomic E-state index is 5.19. The van der Waals surface area contributed by atoms with Crippen LogP contribution in [0.25, 0.3) is 22.3 Å². The molecule has 0 aliphatic rings. The lowest BCUT2D eigenvalue weighted by molar-refractivity contribution is 0.517. The number of rotatable bonds is 2. The van der Waals surface area contributed by atoms with Gasteiger partial charge in [-0.3, -0.25) is 0 Å². The van der Waals surface area contributed by atoms with Gasteiger partial charge in [-0.15, -0.1) is 11.3 Å². The molecule has 4 aromatic heterocycles. The number of furan rings is 2. The van der Waals surface area contributed by atoms with Gasteiger partial charge in [0.1, 0.15) is 12.0 Å². The van der Waals surface area contributed by atoms with Crippen LogP contribution in [-0.4, -0.2) is 4.98 Å². The lowest BCUT2D eigenvalue weighted by Gasteiger charge is -1.84. The van der Waals surface area contributed by atoms with Crippen LogP contribution in [-0.2, 0) is 0 Å². The summed E-state index contributed by atoms with van der Waals surface area (Å²) in [5.41, 5.74) is 0. The Bertz CT molecular complexity index is 566. The maximum Gasteiger partial charge on any atom is 0.262 e. The summed E-state index contributed by atoms with van der Waals surface area (Å²) in [5, 5.41) is 2.04. The number of thiophene rings is 1. The zero-order valence-corrected chi connectivity index (χ0v) is 11.2. The molecule has 0 amide bonds. The molecule has 0 aromatic carbocycles. The average Bonchev–Trinajstić information content (AvgIpc) is 3.29. The van der Waals surface area contributed by atoms with Crippen molar-refractivity contribution in [2.45, 2.75) is 0 Å². The first kappa shape index (κ1) is 12.5. The van der Waals surface area contributed by atoms with Crippen molar-refractivity contribution in [3.05, 3.63) is 66.8 Å². The highest BCUT2D eigenvalue weighted by atomic mass is 32.1. The minimum absolute atomic E-state index is 0.519. The van der Waals surface area contributed by atoms with Crippen LogP contribution in [0.1, 0.15) is 0 Å².